The summed E-state index contributed by atoms with van der Waals surface area (Å²) >= 11 is 0. The van der Waals surface area contributed by atoms with Crippen LogP contribution in [0.1, 0.15) is 19.8 Å². The molecule has 1 rings (SSSR count). The highest BCUT2D eigenvalue weighted by atomic mass is 14.9. The first kappa shape index (κ1) is 12.8. The maximum Gasteiger partial charge on any atom is 0.0836 e. The molecule has 0 radical (unpaired) electrons. The summed E-state index contributed by atoms with van der Waals surface area (Å²) in [5, 5.41) is 3.36. The average molecular weight is 219 g/mol. The van der Waals surface area contributed by atoms with Crippen molar-refractivity contribution in [2.75, 3.05) is 20.1 Å². The Kier molecular flexibility index (Phi) is 5.72. The van der Waals surface area contributed by atoms with E-state index >= 15 is 0 Å². The van der Waals surface area contributed by atoms with Gasteiger partial charge in [0.05, 0.1) is 11.4 Å². The molecule has 1 N–H and O–H groups in total. The summed E-state index contributed by atoms with van der Waals surface area (Å²) < 4.78 is 0. The number of aliphatic imine (C=N–C) groups is 2. The predicted octanol–water partition coefficient (Wildman–Crippen LogP) is 2.22. The van der Waals surface area contributed by atoms with Gasteiger partial charge in [0, 0.05) is 19.2 Å². The standard InChI is InChI=1S/C13H21N3/c1-4-8-16-12(5-2)13(14-3)11-6-9-15-10-7-11/h4-5,8,11,15H,2,6-7,9-10H2,1,3H3/b8-4-,14-13?,16-12?. The van der Waals surface area contributed by atoms with Crippen molar-refractivity contribution in [3.8, 4) is 0 Å². The molecule has 3 heteroatoms. The maximum atomic E-state index is 4.39. The monoisotopic (exact) mass is 219 g/mol. The summed E-state index contributed by atoms with van der Waals surface area (Å²) in [6, 6.07) is 0. The Hall–Kier alpha value is -1.22. The van der Waals surface area contributed by atoms with Gasteiger partial charge in [0.25, 0.3) is 0 Å². The molecule has 0 atom stereocenters. The molecule has 16 heavy (non-hydrogen) atoms. The van der Waals surface area contributed by atoms with Crippen molar-refractivity contribution < 1.29 is 0 Å². The van der Waals surface area contributed by atoms with Crippen LogP contribution < -0.4 is 5.32 Å². The molecule has 0 spiro atoms. The first-order chi connectivity index (χ1) is 7.83. The summed E-state index contributed by atoms with van der Waals surface area (Å²) in [4.78, 5) is 8.76. The zero-order valence-electron chi connectivity index (χ0n) is 10.2. The highest BCUT2D eigenvalue weighted by molar-refractivity contribution is 6.47. The Bertz CT molecular complexity index is 307. The number of hydrogen-bond acceptors (Lipinski definition) is 3. The second-order valence-electron chi connectivity index (χ2n) is 3.83. The normalized spacial score (nSPS) is 20.4. The van der Waals surface area contributed by atoms with Gasteiger partial charge in [0.1, 0.15) is 0 Å². The minimum absolute atomic E-state index is 0.522. The lowest BCUT2D eigenvalue weighted by Gasteiger charge is -2.24. The minimum Gasteiger partial charge on any atom is -0.317 e. The third-order valence-electron chi connectivity index (χ3n) is 2.79. The van der Waals surface area contributed by atoms with Crippen LogP contribution in [0.25, 0.3) is 0 Å². The predicted molar refractivity (Wildman–Crippen MR) is 71.4 cm³/mol. The fourth-order valence-corrected chi connectivity index (χ4v) is 1.98. The Labute approximate surface area is 98.1 Å². The smallest absolute Gasteiger partial charge is 0.0836 e. The highest BCUT2D eigenvalue weighted by Crippen LogP contribution is 2.15. The van der Waals surface area contributed by atoms with Crippen molar-refractivity contribution in [3.63, 3.8) is 0 Å². The molecule has 0 aromatic heterocycles. The van der Waals surface area contributed by atoms with Gasteiger partial charge >= 0.3 is 0 Å². The molecule has 0 aromatic rings. The SMILES string of the molecule is C=CC(=N/C=C\C)C(=NC)C1CCNCC1. The van der Waals surface area contributed by atoms with Crippen molar-refractivity contribution in [1.82, 2.24) is 5.32 Å². The number of nitrogens with one attached hydrogen (secondary N) is 1. The van der Waals surface area contributed by atoms with Crippen molar-refractivity contribution in [3.05, 3.63) is 24.9 Å². The van der Waals surface area contributed by atoms with Crippen molar-refractivity contribution in [1.29, 1.82) is 0 Å². The van der Waals surface area contributed by atoms with Crippen LogP contribution in [0, 0.1) is 5.92 Å². The lowest BCUT2D eigenvalue weighted by atomic mass is 9.90. The summed E-state index contributed by atoms with van der Waals surface area (Å²) in [6.45, 7) is 7.91. The summed E-state index contributed by atoms with van der Waals surface area (Å²) in [5.41, 5.74) is 2.00. The molecule has 0 saturated carbocycles. The number of piperidine rings is 1. The summed E-state index contributed by atoms with van der Waals surface area (Å²) in [6.07, 6.45) is 7.78. The number of allylic oxidation sites excluding steroid dienone is 2. The third kappa shape index (κ3) is 3.42. The van der Waals surface area contributed by atoms with Crippen molar-refractivity contribution in [2.45, 2.75) is 19.8 Å². The first-order valence-corrected chi connectivity index (χ1v) is 5.82. The van der Waals surface area contributed by atoms with Gasteiger partial charge in [-0.2, -0.15) is 0 Å². The molecule has 1 fully saturated rings. The molecule has 0 unspecified atom stereocenters. The van der Waals surface area contributed by atoms with Gasteiger partial charge in [0.15, 0.2) is 0 Å². The van der Waals surface area contributed by atoms with E-state index in [0.717, 1.165) is 37.4 Å². The van der Waals surface area contributed by atoms with Crippen LogP contribution in [0.2, 0.25) is 0 Å². The molecule has 1 aliphatic heterocycles. The molecule has 88 valence electrons. The van der Waals surface area contributed by atoms with Gasteiger partial charge in [-0.25, -0.2) is 0 Å². The Balaban J connectivity index is 2.82. The van der Waals surface area contributed by atoms with Crippen LogP contribution in [-0.4, -0.2) is 31.6 Å². The van der Waals surface area contributed by atoms with Gasteiger partial charge in [0.2, 0.25) is 0 Å². The highest BCUT2D eigenvalue weighted by Gasteiger charge is 2.20. The molecule has 1 aliphatic rings. The van der Waals surface area contributed by atoms with E-state index in [0.29, 0.717) is 5.92 Å². The lowest BCUT2D eigenvalue weighted by molar-refractivity contribution is 0.459. The van der Waals surface area contributed by atoms with Gasteiger partial charge in [-0.1, -0.05) is 12.7 Å². The van der Waals surface area contributed by atoms with Crippen LogP contribution in [0.15, 0.2) is 34.9 Å². The van der Waals surface area contributed by atoms with E-state index in [9.17, 15) is 0 Å². The maximum absolute atomic E-state index is 4.39. The molecule has 1 heterocycles. The second-order valence-corrected chi connectivity index (χ2v) is 3.83. The van der Waals surface area contributed by atoms with Gasteiger partial charge in [-0.05, 0) is 38.9 Å². The van der Waals surface area contributed by atoms with E-state index in [2.05, 4.69) is 21.9 Å². The molecule has 1 saturated heterocycles. The number of hydrogen-bond donors (Lipinski definition) is 1. The molecule has 0 aliphatic carbocycles. The van der Waals surface area contributed by atoms with Gasteiger partial charge in [-0.3, -0.25) is 9.98 Å². The fraction of sp³-hybridized carbons (Fsp3) is 0.538. The zero-order chi connectivity index (χ0) is 11.8. The van der Waals surface area contributed by atoms with Crippen LogP contribution in [0.5, 0.6) is 0 Å². The molecule has 0 aromatic carbocycles. The van der Waals surface area contributed by atoms with Gasteiger partial charge in [-0.15, -0.1) is 0 Å². The topological polar surface area (TPSA) is 36.8 Å². The van der Waals surface area contributed by atoms with E-state index in [4.69, 9.17) is 0 Å². The quantitative estimate of drug-likeness (QED) is 0.723. The largest absolute Gasteiger partial charge is 0.317 e. The van der Waals surface area contributed by atoms with E-state index in [1.54, 1.807) is 12.3 Å². The first-order valence-electron chi connectivity index (χ1n) is 5.82. The third-order valence-corrected chi connectivity index (χ3v) is 2.79. The Morgan fingerprint density at radius 1 is 1.38 bits per heavy atom. The molecule has 0 amide bonds. The lowest BCUT2D eigenvalue weighted by Crippen LogP contribution is -2.34. The molecular weight excluding hydrogens is 198 g/mol. The molecular formula is C13H21N3. The van der Waals surface area contributed by atoms with E-state index in [-0.39, 0.29) is 0 Å². The van der Waals surface area contributed by atoms with E-state index < -0.39 is 0 Å². The van der Waals surface area contributed by atoms with Crippen LogP contribution in [0.4, 0.5) is 0 Å². The van der Waals surface area contributed by atoms with Gasteiger partial charge < -0.3 is 5.32 Å². The van der Waals surface area contributed by atoms with E-state index in [1.165, 1.54) is 0 Å². The average Bonchev–Trinajstić information content (AvgIpc) is 2.35. The van der Waals surface area contributed by atoms with Crippen LogP contribution in [-0.2, 0) is 0 Å². The Morgan fingerprint density at radius 3 is 2.56 bits per heavy atom. The van der Waals surface area contributed by atoms with Crippen molar-refractivity contribution in [2.24, 2.45) is 15.9 Å². The molecule has 0 bridgehead atoms. The van der Waals surface area contributed by atoms with Crippen molar-refractivity contribution >= 4 is 11.4 Å². The second kappa shape index (κ2) is 7.12. The van der Waals surface area contributed by atoms with Crippen LogP contribution in [0.3, 0.4) is 0 Å². The minimum atomic E-state index is 0.522. The fourth-order valence-electron chi connectivity index (χ4n) is 1.98. The molecule has 3 nitrogen and oxygen atoms in total. The number of rotatable bonds is 4. The van der Waals surface area contributed by atoms with Crippen LogP contribution >= 0.6 is 0 Å². The summed E-state index contributed by atoms with van der Waals surface area (Å²) in [5.74, 6) is 0.522. The number of nitrogens with zero attached hydrogens (tertiary/aromatic N) is 2. The zero-order valence-corrected chi connectivity index (χ0v) is 10.2. The Morgan fingerprint density at radius 2 is 2.06 bits per heavy atom. The van der Waals surface area contributed by atoms with E-state index in [1.807, 2.05) is 20.0 Å². The summed E-state index contributed by atoms with van der Waals surface area (Å²) in [7, 11) is 1.84.